The van der Waals surface area contributed by atoms with Gasteiger partial charge in [-0.1, -0.05) is 166 Å². The van der Waals surface area contributed by atoms with Crippen molar-refractivity contribution in [2.24, 2.45) is 105 Å². The van der Waals surface area contributed by atoms with E-state index in [9.17, 15) is 42.0 Å². The first-order chi connectivity index (χ1) is 60.5. The van der Waals surface area contributed by atoms with E-state index in [0.717, 1.165) is 45.6 Å². The topological polar surface area (TPSA) is 470 Å². The van der Waals surface area contributed by atoms with E-state index < -0.39 is 34.3 Å². The minimum absolute atomic E-state index is 0.0116. The van der Waals surface area contributed by atoms with Crippen LogP contribution in [0.3, 0.4) is 0 Å². The summed E-state index contributed by atoms with van der Waals surface area (Å²) < 4.78 is 55.3. The number of nitrogens with zero attached hydrogens (tertiary/aromatic N) is 16. The van der Waals surface area contributed by atoms with Gasteiger partial charge in [0.2, 0.25) is 15.9 Å². The number of amides is 10. The second-order valence-corrected chi connectivity index (χ2v) is 44.7. The van der Waals surface area contributed by atoms with Crippen LogP contribution in [0, 0.1) is 43.3 Å². The lowest BCUT2D eigenvalue weighted by Crippen LogP contribution is -2.49. The third-order valence-corrected chi connectivity index (χ3v) is 20.7. The molecule has 8 rings (SSSR count). The van der Waals surface area contributed by atoms with Crippen LogP contribution in [0.1, 0.15) is 315 Å². The number of sulfonamides is 1. The molecule has 8 aromatic rings. The SMILES string of the molecule is CC(=O)NC(c1cncn1C)C(C)(C)C.CC(C)OC(=O)NC(c1cncn1C)C(C)(C)C.CCNC(=O)NC(c1cncn1C)C(C)(C)C.CCOC(=O)NC(c1cncn1C)C(C)(C)C.COC(=O)NC(c1cncn1C)C(C)(C)C.Cn1cncc1C(NC(=O)NC(C)(C)C)C(C)(C)C.Cn1cncc1C(NC(N)=O)C(C)(C)C.Cn1cncc1C(NS(C)(=O)=O)C(C)(C)C. The molecular formula is C93H167N27O12S. The van der Waals surface area contributed by atoms with Crippen LogP contribution in [0.4, 0.5) is 28.8 Å². The lowest BCUT2D eigenvalue weighted by Gasteiger charge is -2.33. The van der Waals surface area contributed by atoms with Gasteiger partial charge in [-0.2, -0.15) is 0 Å². The molecular weight excluding hydrogens is 1720 g/mol. The van der Waals surface area contributed by atoms with Crippen molar-refractivity contribution in [3.63, 3.8) is 0 Å². The standard InChI is InChI=1S/C14H26N4O.C13H23N3O2.C12H22N4O.C12H21N3O2.C11H19N3O2.C11H19N3O.C10H18N4O.C10H19N3O2S/c1-13(2,3)11(10-8-15-9-18(10)7)16-12(19)17-14(4,5)6;1-9(2)18-12(17)15-11(13(3,4)5)10-7-14-8-16(10)6;1-6-14-11(17)15-10(12(2,3)4)9-7-13-8-16(9)5;1-6-17-11(16)14-10(12(2,3)4)9-7-13-8-15(9)5;1-11(2,3)9(13-10(15)16-5)8-6-12-7-14(8)4;1-8(15)13-10(11(2,3)4)9-6-12-7-14(9)5;1-10(2,3)8(13-9(11)15)7-5-12-6-14(7)4;1-10(2,3)9(12-16(5,14)15)8-6-11-7-13(8)4/h8-9,11H,1-7H3,(H2,16,17,19);7-9,11H,1-6H3,(H,15,17);7-8,10H,6H2,1-5H3,(H2,14,15,17);7-8,10H,6H2,1-5H3,(H,14,16);6-7,9H,1-5H3,(H,13,15);6-7,10H,1-5H3,(H,13,15);5-6,8H,1-4H3,(H3,11,13,15);6-7,9,12H,1-5H3. The molecule has 0 aliphatic carbocycles. The highest BCUT2D eigenvalue weighted by Gasteiger charge is 2.38. The average Bonchev–Trinajstić information content (AvgIpc) is 1.86. The largest absolute Gasteiger partial charge is 0.453 e. The van der Waals surface area contributed by atoms with Crippen molar-refractivity contribution in [2.75, 3.05) is 26.5 Å². The summed E-state index contributed by atoms with van der Waals surface area (Å²) in [5.74, 6) is -0.0175. The zero-order chi connectivity index (χ0) is 103. The summed E-state index contributed by atoms with van der Waals surface area (Å²) in [5, 5.41) is 26.0. The Morgan fingerprint density at radius 3 is 0.774 bits per heavy atom. The molecule has 0 aliphatic rings. The number of hydrogen-bond acceptors (Lipinski definition) is 20. The maximum absolute atomic E-state index is 12.1. The Bertz CT molecular complexity index is 4810. The average molecular weight is 1890 g/mol. The van der Waals surface area contributed by atoms with Crippen molar-refractivity contribution in [1.82, 2.24) is 129 Å². The second kappa shape index (κ2) is 51.2. The number of ether oxygens (including phenoxy) is 3. The van der Waals surface area contributed by atoms with Gasteiger partial charge in [-0.3, -0.25) is 4.79 Å². The van der Waals surface area contributed by atoms with Crippen LogP contribution in [0.15, 0.2) is 100 Å². The number of methoxy groups -OCH3 is 1. The van der Waals surface area contributed by atoms with Gasteiger partial charge in [0.1, 0.15) is 0 Å². The highest BCUT2D eigenvalue weighted by molar-refractivity contribution is 7.88. The summed E-state index contributed by atoms with van der Waals surface area (Å²) in [6, 6.07) is -1.82. The highest BCUT2D eigenvalue weighted by atomic mass is 32.2. The lowest BCUT2D eigenvalue weighted by atomic mass is 9.85. The molecule has 0 aliphatic heterocycles. The van der Waals surface area contributed by atoms with E-state index in [1.807, 2.05) is 176 Å². The maximum Gasteiger partial charge on any atom is 0.407 e. The van der Waals surface area contributed by atoms with Crippen molar-refractivity contribution in [3.05, 3.63) is 146 Å². The van der Waals surface area contributed by atoms with Gasteiger partial charge in [-0.15, -0.1) is 0 Å². The number of nitrogens with one attached hydrogen (secondary N) is 10. The number of carbonyl (C=O) groups is 7. The highest BCUT2D eigenvalue weighted by Crippen LogP contribution is 2.39. The zero-order valence-corrected chi connectivity index (χ0v) is 88.7. The molecule has 0 fully saturated rings. The second-order valence-electron chi connectivity index (χ2n) is 42.9. The lowest BCUT2D eigenvalue weighted by molar-refractivity contribution is -0.120. The number of imidazole rings is 8. The molecule has 8 atom stereocenters. The number of aromatic nitrogens is 16. The normalized spacial score (nSPS) is 13.7. The number of primary amides is 1. The Balaban J connectivity index is 0.000000761. The van der Waals surface area contributed by atoms with Gasteiger partial charge in [-0.05, 0) is 91.8 Å². The number of hydrogen-bond donors (Lipinski definition) is 11. The maximum atomic E-state index is 12.1. The third kappa shape index (κ3) is 43.1. The summed E-state index contributed by atoms with van der Waals surface area (Å²) in [5.41, 5.74) is 11.8. The summed E-state index contributed by atoms with van der Waals surface area (Å²) in [4.78, 5) is 113. The van der Waals surface area contributed by atoms with Crippen LogP contribution in [0.2, 0.25) is 0 Å². The first kappa shape index (κ1) is 120. The van der Waals surface area contributed by atoms with Gasteiger partial charge in [0.05, 0.1) is 214 Å². The molecule has 133 heavy (non-hydrogen) atoms. The first-order valence-corrected chi connectivity index (χ1v) is 46.3. The van der Waals surface area contributed by atoms with Gasteiger partial charge in [0.15, 0.2) is 0 Å². The predicted octanol–water partition coefficient (Wildman–Crippen LogP) is 15.1. The Morgan fingerprint density at radius 1 is 0.353 bits per heavy atom. The number of rotatable bonds is 20. The van der Waals surface area contributed by atoms with E-state index in [1.54, 1.807) is 107 Å². The number of alkyl carbamates (subject to hydrolysis) is 3. The molecule has 0 bridgehead atoms. The van der Waals surface area contributed by atoms with E-state index in [0.29, 0.717) is 13.2 Å². The summed E-state index contributed by atoms with van der Waals surface area (Å²) in [6.45, 7) is 65.3. The molecule has 0 radical (unpaired) electrons. The first-order valence-electron chi connectivity index (χ1n) is 44.4. The van der Waals surface area contributed by atoms with Crippen molar-refractivity contribution >= 4 is 52.3 Å². The van der Waals surface area contributed by atoms with E-state index >= 15 is 0 Å². The number of urea groups is 3. The summed E-state index contributed by atoms with van der Waals surface area (Å²) in [6.07, 6.45) is 27.7. The Kier molecular flexibility index (Phi) is 46.1. The Hall–Kier alpha value is -11.3. The molecule has 0 spiro atoms. The molecule has 8 aromatic heterocycles. The van der Waals surface area contributed by atoms with Gasteiger partial charge < -0.3 is 104 Å². The Labute approximate surface area is 792 Å². The fraction of sp³-hybridized carbons (Fsp3) is 0.667. The van der Waals surface area contributed by atoms with Crippen LogP contribution in [-0.2, 0) is 85.4 Å². The fourth-order valence-corrected chi connectivity index (χ4v) is 14.1. The van der Waals surface area contributed by atoms with E-state index in [-0.39, 0.29) is 121 Å². The van der Waals surface area contributed by atoms with Crippen molar-refractivity contribution < 1.29 is 56.2 Å². The van der Waals surface area contributed by atoms with Crippen molar-refractivity contribution in [2.45, 2.75) is 282 Å². The molecule has 0 aromatic carbocycles. The van der Waals surface area contributed by atoms with Crippen LogP contribution in [-0.4, -0.2) is 165 Å². The van der Waals surface area contributed by atoms with Crippen molar-refractivity contribution in [3.8, 4) is 0 Å². The molecule has 752 valence electrons. The monoisotopic (exact) mass is 1890 g/mol. The van der Waals surface area contributed by atoms with Gasteiger partial charge >= 0.3 is 36.4 Å². The van der Waals surface area contributed by atoms with Crippen LogP contribution >= 0.6 is 0 Å². The zero-order valence-electron chi connectivity index (χ0n) is 87.9. The number of aryl methyl sites for hydroxylation is 8. The molecule has 8 heterocycles. The molecule has 12 N–H and O–H groups in total. The quantitative estimate of drug-likeness (QED) is 0.0316. The molecule has 0 saturated heterocycles. The van der Waals surface area contributed by atoms with Crippen molar-refractivity contribution in [1.29, 1.82) is 0 Å². The number of nitrogens with two attached hydrogens (primary N) is 1. The molecule has 40 heteroatoms. The van der Waals surface area contributed by atoms with Gasteiger partial charge in [-0.25, -0.2) is 81.8 Å². The predicted molar refractivity (Wildman–Crippen MR) is 522 cm³/mol. The smallest absolute Gasteiger partial charge is 0.407 e. The third-order valence-electron chi connectivity index (χ3n) is 20.1. The molecule has 0 saturated carbocycles. The summed E-state index contributed by atoms with van der Waals surface area (Å²) >= 11 is 0. The van der Waals surface area contributed by atoms with E-state index in [1.165, 1.54) is 20.3 Å². The van der Waals surface area contributed by atoms with Gasteiger partial charge in [0, 0.05) is 81.6 Å². The molecule has 10 amide bonds. The number of carbonyl (C=O) groups excluding carboxylic acids is 7. The summed E-state index contributed by atoms with van der Waals surface area (Å²) in [7, 11) is 13.4. The fourth-order valence-electron chi connectivity index (χ4n) is 13.2. The van der Waals surface area contributed by atoms with Crippen LogP contribution < -0.4 is 58.3 Å². The van der Waals surface area contributed by atoms with Gasteiger partial charge in [0.25, 0.3) is 0 Å². The van der Waals surface area contributed by atoms with E-state index in [2.05, 4.69) is 222 Å². The molecule has 8 unspecified atom stereocenters. The van der Waals surface area contributed by atoms with Crippen LogP contribution in [0.5, 0.6) is 0 Å². The van der Waals surface area contributed by atoms with Crippen LogP contribution in [0.25, 0.3) is 0 Å². The van der Waals surface area contributed by atoms with E-state index in [4.69, 9.17) is 15.2 Å². The minimum atomic E-state index is -3.24. The Morgan fingerprint density at radius 2 is 0.579 bits per heavy atom. The minimum Gasteiger partial charge on any atom is -0.453 e. The molecule has 39 nitrogen and oxygen atoms in total.